The third-order valence-corrected chi connectivity index (χ3v) is 3.78. The monoisotopic (exact) mass is 305 g/mol. The minimum absolute atomic E-state index is 0.00695. The Morgan fingerprint density at radius 2 is 2.19 bits per heavy atom. The molecule has 0 amide bonds. The minimum Gasteiger partial charge on any atom is -0.338 e. The van der Waals surface area contributed by atoms with Crippen molar-refractivity contribution < 1.29 is 9.72 Å². The van der Waals surface area contributed by atoms with Gasteiger partial charge in [0.2, 0.25) is 0 Å². The van der Waals surface area contributed by atoms with E-state index < -0.39 is 11.0 Å². The van der Waals surface area contributed by atoms with Gasteiger partial charge in [0.15, 0.2) is 11.0 Å². The van der Waals surface area contributed by atoms with Crippen molar-refractivity contribution in [1.29, 1.82) is 0 Å². The van der Waals surface area contributed by atoms with Crippen LogP contribution >= 0.6 is 11.8 Å². The van der Waals surface area contributed by atoms with Crippen LogP contribution in [0.4, 0.5) is 5.69 Å². The van der Waals surface area contributed by atoms with E-state index in [2.05, 4.69) is 10.3 Å². The Morgan fingerprint density at radius 1 is 1.48 bits per heavy atom. The molecule has 0 radical (unpaired) electrons. The van der Waals surface area contributed by atoms with Crippen LogP contribution in [0.2, 0.25) is 0 Å². The summed E-state index contributed by atoms with van der Waals surface area (Å²) in [6.45, 7) is 3.29. The first kappa shape index (κ1) is 15.2. The van der Waals surface area contributed by atoms with E-state index in [4.69, 9.17) is 0 Å². The summed E-state index contributed by atoms with van der Waals surface area (Å²) in [4.78, 5) is 26.9. The third kappa shape index (κ3) is 3.13. The lowest BCUT2D eigenvalue weighted by molar-refractivity contribution is -0.384. The van der Waals surface area contributed by atoms with Crippen LogP contribution in [0.15, 0.2) is 40.5 Å². The molecule has 1 aromatic rings. The van der Waals surface area contributed by atoms with Crippen LogP contribution in [0.3, 0.4) is 0 Å². The summed E-state index contributed by atoms with van der Waals surface area (Å²) in [5.74, 6) is -0.0968. The van der Waals surface area contributed by atoms with Crippen LogP contribution in [0.1, 0.15) is 25.5 Å². The Hall–Kier alpha value is -2.15. The van der Waals surface area contributed by atoms with Gasteiger partial charge in [0.05, 0.1) is 4.92 Å². The second kappa shape index (κ2) is 6.09. The lowest BCUT2D eigenvalue weighted by Crippen LogP contribution is -2.28. The number of amidine groups is 1. The Bertz CT molecular complexity index is 667. The molecule has 1 heterocycles. The number of nitro benzene ring substituents is 1. The van der Waals surface area contributed by atoms with Crippen molar-refractivity contribution in [2.45, 2.75) is 19.9 Å². The predicted octanol–water partition coefficient (Wildman–Crippen LogP) is 2.82. The Morgan fingerprint density at radius 3 is 2.76 bits per heavy atom. The quantitative estimate of drug-likeness (QED) is 0.685. The summed E-state index contributed by atoms with van der Waals surface area (Å²) in [7, 11) is 0. The van der Waals surface area contributed by atoms with Crippen LogP contribution in [-0.4, -0.2) is 22.1 Å². The first-order valence-electron chi connectivity index (χ1n) is 6.29. The van der Waals surface area contributed by atoms with Crippen molar-refractivity contribution >= 4 is 28.4 Å². The summed E-state index contributed by atoms with van der Waals surface area (Å²) in [5, 5.41) is 14.7. The summed E-state index contributed by atoms with van der Waals surface area (Å²) in [5.41, 5.74) is 1.90. The van der Waals surface area contributed by atoms with E-state index in [9.17, 15) is 14.9 Å². The molecule has 7 heteroatoms. The molecule has 0 saturated heterocycles. The van der Waals surface area contributed by atoms with Crippen LogP contribution in [0.25, 0.3) is 0 Å². The molecule has 21 heavy (non-hydrogen) atoms. The lowest BCUT2D eigenvalue weighted by Gasteiger charge is -2.25. The van der Waals surface area contributed by atoms with Gasteiger partial charge in [-0.15, -0.1) is 0 Å². The fourth-order valence-corrected chi connectivity index (χ4v) is 2.72. The number of hydrogen-bond acceptors (Lipinski definition) is 6. The molecule has 0 saturated carbocycles. The summed E-state index contributed by atoms with van der Waals surface area (Å²) in [6, 6.07) is 5.74. The number of nitro groups is 1. The molecule has 1 aromatic carbocycles. The van der Waals surface area contributed by atoms with Gasteiger partial charge >= 0.3 is 0 Å². The van der Waals surface area contributed by atoms with E-state index in [0.29, 0.717) is 16.3 Å². The fourth-order valence-electron chi connectivity index (χ4n) is 2.26. The van der Waals surface area contributed by atoms with Crippen molar-refractivity contribution in [2.75, 3.05) is 6.26 Å². The zero-order chi connectivity index (χ0) is 15.6. The van der Waals surface area contributed by atoms with E-state index in [1.54, 1.807) is 12.1 Å². The molecule has 0 spiro atoms. The maximum atomic E-state index is 11.9. The highest BCUT2D eigenvalue weighted by Crippen LogP contribution is 2.33. The normalized spacial score (nSPS) is 18.0. The van der Waals surface area contributed by atoms with Gasteiger partial charge < -0.3 is 5.32 Å². The van der Waals surface area contributed by atoms with Crippen LogP contribution in [0.5, 0.6) is 0 Å². The van der Waals surface area contributed by atoms with Gasteiger partial charge in [-0.25, -0.2) is 4.99 Å². The molecule has 1 aliphatic heterocycles. The average Bonchev–Trinajstić information content (AvgIpc) is 2.45. The molecular weight excluding hydrogens is 290 g/mol. The van der Waals surface area contributed by atoms with Crippen molar-refractivity contribution in [2.24, 2.45) is 4.99 Å². The number of ketones is 1. The van der Waals surface area contributed by atoms with Gasteiger partial charge in [-0.3, -0.25) is 14.9 Å². The Kier molecular flexibility index (Phi) is 4.42. The summed E-state index contributed by atoms with van der Waals surface area (Å²) in [6.07, 6.45) is 1.88. The second-order valence-electron chi connectivity index (χ2n) is 4.61. The molecule has 0 aliphatic carbocycles. The molecule has 0 fully saturated rings. The number of aliphatic imine (C=N–C) groups is 1. The number of nitrogens with zero attached hydrogens (tertiary/aromatic N) is 2. The van der Waals surface area contributed by atoms with Crippen molar-refractivity contribution in [3.8, 4) is 0 Å². The number of carbonyl (C=O) groups is 1. The summed E-state index contributed by atoms with van der Waals surface area (Å²) >= 11 is 1.43. The predicted molar refractivity (Wildman–Crippen MR) is 83.3 cm³/mol. The highest BCUT2D eigenvalue weighted by Gasteiger charge is 2.27. The molecule has 110 valence electrons. The van der Waals surface area contributed by atoms with Crippen molar-refractivity contribution in [3.63, 3.8) is 0 Å². The topological polar surface area (TPSA) is 84.6 Å². The number of carbonyl (C=O) groups excluding carboxylic acids is 1. The van der Waals surface area contributed by atoms with Crippen molar-refractivity contribution in [1.82, 2.24) is 5.32 Å². The third-order valence-electron chi connectivity index (χ3n) is 3.19. The van der Waals surface area contributed by atoms with Gasteiger partial charge in [-0.1, -0.05) is 23.9 Å². The minimum atomic E-state index is -0.508. The maximum Gasteiger partial charge on any atom is 0.269 e. The van der Waals surface area contributed by atoms with E-state index in [-0.39, 0.29) is 11.5 Å². The number of rotatable bonds is 3. The van der Waals surface area contributed by atoms with Gasteiger partial charge in [-0.05, 0) is 25.7 Å². The largest absolute Gasteiger partial charge is 0.338 e. The van der Waals surface area contributed by atoms with E-state index in [1.165, 1.54) is 30.8 Å². The highest BCUT2D eigenvalue weighted by molar-refractivity contribution is 8.13. The number of hydrogen-bond donors (Lipinski definition) is 1. The Labute approximate surface area is 126 Å². The molecule has 2 rings (SSSR count). The number of nitrogens with one attached hydrogen (secondary N) is 1. The molecule has 1 N–H and O–H groups in total. The number of benzene rings is 1. The fraction of sp³-hybridized carbons (Fsp3) is 0.286. The zero-order valence-electron chi connectivity index (χ0n) is 11.9. The molecule has 1 atom stereocenters. The zero-order valence-corrected chi connectivity index (χ0v) is 12.7. The van der Waals surface area contributed by atoms with Crippen LogP contribution in [-0.2, 0) is 4.79 Å². The first-order chi connectivity index (χ1) is 9.93. The number of allylic oxidation sites excluding steroid dienone is 1. The number of Topliss-reactive ketones (excluding diaryl/α,β-unsaturated/α-hetero) is 1. The standard InChI is InChI=1S/C14H15N3O3S/c1-8-12(9(2)18)13(16-14(15-8)21-3)10-5-4-6-11(7-10)17(19)20/h4-7,13H,1-3H3,(H,15,16)/t13-/m0/s1. The van der Waals surface area contributed by atoms with Gasteiger partial charge in [0.25, 0.3) is 5.69 Å². The van der Waals surface area contributed by atoms with Gasteiger partial charge in [0.1, 0.15) is 6.04 Å². The first-order valence-corrected chi connectivity index (χ1v) is 7.51. The molecule has 0 unspecified atom stereocenters. The SMILES string of the molecule is CSC1=N[C@@H](c2cccc([N+](=O)[O-])c2)C(C(C)=O)=C(C)N1. The smallest absolute Gasteiger partial charge is 0.269 e. The number of non-ortho nitro benzene ring substituents is 1. The summed E-state index contributed by atoms with van der Waals surface area (Å²) < 4.78 is 0. The Balaban J connectivity index is 2.54. The van der Waals surface area contributed by atoms with E-state index >= 15 is 0 Å². The molecule has 0 aromatic heterocycles. The second-order valence-corrected chi connectivity index (χ2v) is 5.41. The highest BCUT2D eigenvalue weighted by atomic mass is 32.2. The van der Waals surface area contributed by atoms with Gasteiger partial charge in [-0.2, -0.15) is 0 Å². The lowest BCUT2D eigenvalue weighted by atomic mass is 9.94. The van der Waals surface area contributed by atoms with Crippen molar-refractivity contribution in [3.05, 3.63) is 51.2 Å². The van der Waals surface area contributed by atoms with Crippen LogP contribution in [0, 0.1) is 10.1 Å². The molecule has 1 aliphatic rings. The van der Waals surface area contributed by atoms with E-state index in [0.717, 1.165) is 5.70 Å². The number of thioether (sulfide) groups is 1. The van der Waals surface area contributed by atoms with Gasteiger partial charge in [0, 0.05) is 23.4 Å². The van der Waals surface area contributed by atoms with E-state index in [1.807, 2.05) is 13.2 Å². The van der Waals surface area contributed by atoms with Crippen LogP contribution < -0.4 is 5.32 Å². The molecular formula is C14H15N3O3S. The maximum absolute atomic E-state index is 11.9. The molecule has 0 bridgehead atoms. The molecule has 6 nitrogen and oxygen atoms in total. The average molecular weight is 305 g/mol.